The molecule has 0 aliphatic carbocycles. The van der Waals surface area contributed by atoms with Crippen molar-refractivity contribution in [3.63, 3.8) is 0 Å². The molecule has 6 nitrogen and oxygen atoms in total. The minimum Gasteiger partial charge on any atom is -0.351 e. The normalized spacial score (nSPS) is 11.2. The van der Waals surface area contributed by atoms with Crippen molar-refractivity contribution in [2.24, 2.45) is 4.99 Å². The molecule has 0 spiro atoms. The molecule has 0 amide bonds. The minimum atomic E-state index is 0. The standard InChI is InChI=1S/C14H20N6S.HI/c1-10(2)13-20-19-12(21-13)9-18-14(15-3)17-8-11-6-4-5-7-16-11;/h4-7,10H,8-9H2,1-3H3,(H2,15,17,18);1H. The molecular formula is C14H21IN6S. The first-order valence-electron chi connectivity index (χ1n) is 6.85. The molecule has 0 saturated heterocycles. The highest BCUT2D eigenvalue weighted by Gasteiger charge is 2.08. The maximum absolute atomic E-state index is 4.26. The van der Waals surface area contributed by atoms with E-state index in [2.05, 4.69) is 44.7 Å². The summed E-state index contributed by atoms with van der Waals surface area (Å²) >= 11 is 1.63. The highest BCUT2D eigenvalue weighted by Crippen LogP contribution is 2.18. The Balaban J connectivity index is 0.00000242. The Labute approximate surface area is 151 Å². The Hall–Kier alpha value is -1.29. The molecule has 2 aromatic heterocycles. The van der Waals surface area contributed by atoms with Gasteiger partial charge in [-0.05, 0) is 12.1 Å². The first-order chi connectivity index (χ1) is 10.2. The molecule has 8 heteroatoms. The summed E-state index contributed by atoms with van der Waals surface area (Å²) in [6.07, 6.45) is 1.78. The number of pyridine rings is 1. The Morgan fingerprint density at radius 3 is 2.59 bits per heavy atom. The number of nitrogens with one attached hydrogen (secondary N) is 2. The van der Waals surface area contributed by atoms with E-state index in [1.807, 2.05) is 18.2 Å². The second-order valence-electron chi connectivity index (χ2n) is 4.79. The van der Waals surface area contributed by atoms with Gasteiger partial charge in [-0.15, -0.1) is 34.2 Å². The third kappa shape index (κ3) is 5.84. The van der Waals surface area contributed by atoms with Crippen LogP contribution in [0.25, 0.3) is 0 Å². The molecule has 2 heterocycles. The Kier molecular flexibility index (Phi) is 8.25. The fourth-order valence-electron chi connectivity index (χ4n) is 1.63. The summed E-state index contributed by atoms with van der Waals surface area (Å²) in [6, 6.07) is 5.84. The lowest BCUT2D eigenvalue weighted by atomic mass is 10.2. The van der Waals surface area contributed by atoms with Gasteiger partial charge in [0.1, 0.15) is 10.0 Å². The van der Waals surface area contributed by atoms with Gasteiger partial charge in [0.15, 0.2) is 5.96 Å². The van der Waals surface area contributed by atoms with Crippen molar-refractivity contribution >= 4 is 41.3 Å². The number of rotatable bonds is 5. The van der Waals surface area contributed by atoms with Crippen molar-refractivity contribution < 1.29 is 0 Å². The van der Waals surface area contributed by atoms with Crippen LogP contribution in [0.2, 0.25) is 0 Å². The molecule has 120 valence electrons. The van der Waals surface area contributed by atoms with Gasteiger partial charge in [0.25, 0.3) is 0 Å². The van der Waals surface area contributed by atoms with Gasteiger partial charge in [0.2, 0.25) is 0 Å². The van der Waals surface area contributed by atoms with Gasteiger partial charge in [-0.2, -0.15) is 0 Å². The molecule has 0 aliphatic rings. The molecule has 0 radical (unpaired) electrons. The second-order valence-corrected chi connectivity index (χ2v) is 5.88. The molecule has 2 N–H and O–H groups in total. The van der Waals surface area contributed by atoms with Crippen molar-refractivity contribution in [3.05, 3.63) is 40.1 Å². The van der Waals surface area contributed by atoms with Crippen LogP contribution in [0.15, 0.2) is 29.4 Å². The smallest absolute Gasteiger partial charge is 0.191 e. The molecule has 0 saturated carbocycles. The number of aromatic nitrogens is 3. The largest absolute Gasteiger partial charge is 0.351 e. The van der Waals surface area contributed by atoms with Crippen LogP contribution in [0.1, 0.15) is 35.5 Å². The average molecular weight is 432 g/mol. The fraction of sp³-hybridized carbons (Fsp3) is 0.429. The van der Waals surface area contributed by atoms with E-state index in [0.717, 1.165) is 21.7 Å². The highest BCUT2D eigenvalue weighted by molar-refractivity contribution is 14.0. The molecule has 0 fully saturated rings. The van der Waals surface area contributed by atoms with Gasteiger partial charge >= 0.3 is 0 Å². The third-order valence-corrected chi connectivity index (χ3v) is 3.99. The monoisotopic (exact) mass is 432 g/mol. The average Bonchev–Trinajstić information content (AvgIpc) is 2.98. The Bertz CT molecular complexity index is 584. The SMILES string of the molecule is CN=C(NCc1ccccn1)NCc1nnc(C(C)C)s1.I. The van der Waals surface area contributed by atoms with Gasteiger partial charge in [0, 0.05) is 19.2 Å². The first-order valence-corrected chi connectivity index (χ1v) is 7.67. The van der Waals surface area contributed by atoms with Crippen LogP contribution in [0.5, 0.6) is 0 Å². The van der Waals surface area contributed by atoms with Crippen LogP contribution in [0.4, 0.5) is 0 Å². The lowest BCUT2D eigenvalue weighted by Gasteiger charge is -2.10. The quantitative estimate of drug-likeness (QED) is 0.432. The molecule has 0 atom stereocenters. The van der Waals surface area contributed by atoms with Gasteiger partial charge in [-0.1, -0.05) is 31.3 Å². The van der Waals surface area contributed by atoms with Crippen molar-refractivity contribution in [1.82, 2.24) is 25.8 Å². The van der Waals surface area contributed by atoms with Crippen LogP contribution >= 0.6 is 35.3 Å². The summed E-state index contributed by atoms with van der Waals surface area (Å²) in [7, 11) is 1.74. The molecule has 0 bridgehead atoms. The van der Waals surface area contributed by atoms with E-state index in [0.29, 0.717) is 19.0 Å². The van der Waals surface area contributed by atoms with Gasteiger partial charge in [-0.3, -0.25) is 9.98 Å². The summed E-state index contributed by atoms with van der Waals surface area (Å²) in [5.74, 6) is 1.14. The fourth-order valence-corrected chi connectivity index (χ4v) is 2.41. The van der Waals surface area contributed by atoms with Crippen molar-refractivity contribution in [1.29, 1.82) is 0 Å². The maximum Gasteiger partial charge on any atom is 0.191 e. The van der Waals surface area contributed by atoms with Crippen molar-refractivity contribution in [2.75, 3.05) is 7.05 Å². The minimum absolute atomic E-state index is 0. The van der Waals surface area contributed by atoms with Crippen molar-refractivity contribution in [3.8, 4) is 0 Å². The van der Waals surface area contributed by atoms with Crippen LogP contribution in [0, 0.1) is 0 Å². The summed E-state index contributed by atoms with van der Waals surface area (Å²) in [5, 5.41) is 16.8. The van der Waals surface area contributed by atoms with Crippen LogP contribution in [-0.4, -0.2) is 28.2 Å². The zero-order valence-corrected chi connectivity index (χ0v) is 16.1. The van der Waals surface area contributed by atoms with E-state index in [4.69, 9.17) is 0 Å². The molecule has 2 aromatic rings. The summed E-state index contributed by atoms with van der Waals surface area (Å²) in [4.78, 5) is 8.44. The number of nitrogens with zero attached hydrogens (tertiary/aromatic N) is 4. The molecule has 2 rings (SSSR count). The van der Waals surface area contributed by atoms with E-state index in [1.54, 1.807) is 24.6 Å². The molecular weight excluding hydrogens is 411 g/mol. The number of hydrogen-bond donors (Lipinski definition) is 2. The van der Waals surface area contributed by atoms with E-state index >= 15 is 0 Å². The van der Waals surface area contributed by atoms with Gasteiger partial charge in [-0.25, -0.2) is 0 Å². The number of halogens is 1. The molecule has 0 unspecified atom stereocenters. The predicted octanol–water partition coefficient (Wildman–Crippen LogP) is 2.54. The summed E-state index contributed by atoms with van der Waals surface area (Å²) < 4.78 is 0. The zero-order chi connectivity index (χ0) is 15.1. The summed E-state index contributed by atoms with van der Waals surface area (Å²) in [5.41, 5.74) is 0.971. The van der Waals surface area contributed by atoms with E-state index in [9.17, 15) is 0 Å². The number of hydrogen-bond acceptors (Lipinski definition) is 5. The number of guanidine groups is 1. The predicted molar refractivity (Wildman–Crippen MR) is 101 cm³/mol. The maximum atomic E-state index is 4.26. The zero-order valence-electron chi connectivity index (χ0n) is 12.9. The van der Waals surface area contributed by atoms with E-state index in [1.165, 1.54) is 0 Å². The second kappa shape index (κ2) is 9.67. The topological polar surface area (TPSA) is 75.1 Å². The first kappa shape index (κ1) is 18.8. The molecule has 22 heavy (non-hydrogen) atoms. The molecule has 0 aromatic carbocycles. The van der Waals surface area contributed by atoms with E-state index < -0.39 is 0 Å². The third-order valence-electron chi connectivity index (χ3n) is 2.77. The van der Waals surface area contributed by atoms with Crippen molar-refractivity contribution in [2.45, 2.75) is 32.9 Å². The lowest BCUT2D eigenvalue weighted by Crippen LogP contribution is -2.36. The number of aliphatic imine (C=N–C) groups is 1. The van der Waals surface area contributed by atoms with Gasteiger partial charge in [0.05, 0.1) is 18.8 Å². The lowest BCUT2D eigenvalue weighted by molar-refractivity contribution is 0.776. The Morgan fingerprint density at radius 1 is 1.23 bits per heavy atom. The van der Waals surface area contributed by atoms with Crippen LogP contribution in [0.3, 0.4) is 0 Å². The van der Waals surface area contributed by atoms with Gasteiger partial charge < -0.3 is 10.6 Å². The molecule has 0 aliphatic heterocycles. The van der Waals surface area contributed by atoms with E-state index in [-0.39, 0.29) is 24.0 Å². The van der Waals surface area contributed by atoms with Crippen LogP contribution < -0.4 is 10.6 Å². The highest BCUT2D eigenvalue weighted by atomic mass is 127. The summed E-state index contributed by atoms with van der Waals surface area (Å²) in [6.45, 7) is 5.48. The van der Waals surface area contributed by atoms with Crippen LogP contribution in [-0.2, 0) is 13.1 Å². The Morgan fingerprint density at radius 2 is 2.00 bits per heavy atom.